The molecule has 0 aliphatic carbocycles. The van der Waals surface area contributed by atoms with Gasteiger partial charge in [0.05, 0.1) is 15.6 Å². The molecule has 1 aliphatic rings. The van der Waals surface area contributed by atoms with Crippen LogP contribution in [-0.2, 0) is 16.4 Å². The number of hydrogen-bond donors (Lipinski definition) is 1. The van der Waals surface area contributed by atoms with Crippen molar-refractivity contribution in [1.82, 2.24) is 9.21 Å². The Kier molecular flexibility index (Phi) is 6.62. The predicted octanol–water partition coefficient (Wildman–Crippen LogP) is 3.24. The molecule has 2 aromatic rings. The highest BCUT2D eigenvalue weighted by Crippen LogP contribution is 2.31. The number of rotatable bonds is 6. The lowest BCUT2D eigenvalue weighted by Gasteiger charge is -2.34. The van der Waals surface area contributed by atoms with Crippen LogP contribution in [-0.4, -0.2) is 61.4 Å². The number of halogens is 2. The second-order valence-electron chi connectivity index (χ2n) is 6.55. The largest absolute Gasteiger partial charge is 0.478 e. The van der Waals surface area contributed by atoms with Crippen LogP contribution < -0.4 is 0 Å². The first kappa shape index (κ1) is 21.1. The van der Waals surface area contributed by atoms with Gasteiger partial charge in [-0.25, -0.2) is 13.2 Å². The van der Waals surface area contributed by atoms with E-state index in [0.29, 0.717) is 26.2 Å². The highest BCUT2D eigenvalue weighted by molar-refractivity contribution is 7.89. The van der Waals surface area contributed by atoms with Gasteiger partial charge in [0.25, 0.3) is 0 Å². The van der Waals surface area contributed by atoms with Gasteiger partial charge in [-0.2, -0.15) is 4.31 Å². The molecule has 1 saturated heterocycles. The molecule has 0 saturated carbocycles. The summed E-state index contributed by atoms with van der Waals surface area (Å²) in [5, 5.41) is 9.19. The molecule has 0 radical (unpaired) electrons. The minimum atomic E-state index is -3.74. The third kappa shape index (κ3) is 4.67. The number of carbonyl (C=O) groups is 1. The van der Waals surface area contributed by atoms with E-state index >= 15 is 0 Å². The van der Waals surface area contributed by atoms with E-state index in [1.54, 1.807) is 18.2 Å². The molecule has 1 fully saturated rings. The average Bonchev–Trinajstić information content (AvgIpc) is 2.66. The van der Waals surface area contributed by atoms with Crippen molar-refractivity contribution in [3.05, 3.63) is 63.6 Å². The van der Waals surface area contributed by atoms with Crippen molar-refractivity contribution < 1.29 is 18.3 Å². The molecule has 1 N–H and O–H groups in total. The Morgan fingerprint density at radius 2 is 1.54 bits per heavy atom. The number of benzene rings is 2. The third-order valence-electron chi connectivity index (χ3n) is 4.77. The summed E-state index contributed by atoms with van der Waals surface area (Å²) in [6.45, 7) is 2.71. The smallest absolute Gasteiger partial charge is 0.335 e. The molecule has 0 aromatic heterocycles. The maximum absolute atomic E-state index is 12.9. The van der Waals surface area contributed by atoms with Crippen LogP contribution in [0.4, 0.5) is 0 Å². The zero-order valence-electron chi connectivity index (χ0n) is 15.0. The van der Waals surface area contributed by atoms with Crippen molar-refractivity contribution in [1.29, 1.82) is 0 Å². The Balaban J connectivity index is 1.57. The van der Waals surface area contributed by atoms with E-state index in [1.807, 2.05) is 12.1 Å². The fourth-order valence-electron chi connectivity index (χ4n) is 3.15. The van der Waals surface area contributed by atoms with Crippen molar-refractivity contribution in [3.63, 3.8) is 0 Å². The average molecular weight is 443 g/mol. The summed E-state index contributed by atoms with van der Waals surface area (Å²) < 4.78 is 27.2. The van der Waals surface area contributed by atoms with Crippen LogP contribution in [0.25, 0.3) is 0 Å². The first-order chi connectivity index (χ1) is 13.3. The van der Waals surface area contributed by atoms with Crippen molar-refractivity contribution in [2.45, 2.75) is 11.3 Å². The van der Waals surface area contributed by atoms with E-state index in [2.05, 4.69) is 4.90 Å². The topological polar surface area (TPSA) is 77.9 Å². The predicted molar refractivity (Wildman–Crippen MR) is 109 cm³/mol. The number of nitrogens with zero attached hydrogens (tertiary/aromatic N) is 2. The summed E-state index contributed by atoms with van der Waals surface area (Å²) in [6, 6.07) is 11.5. The highest BCUT2D eigenvalue weighted by atomic mass is 35.5. The Morgan fingerprint density at radius 3 is 2.07 bits per heavy atom. The Hall–Kier alpha value is -1.64. The molecule has 1 aliphatic heterocycles. The number of piperazine rings is 1. The van der Waals surface area contributed by atoms with Crippen molar-refractivity contribution in [2.75, 3.05) is 32.7 Å². The van der Waals surface area contributed by atoms with Crippen molar-refractivity contribution in [3.8, 4) is 0 Å². The fourth-order valence-corrected chi connectivity index (χ4v) is 5.67. The number of sulfonamides is 1. The van der Waals surface area contributed by atoms with Crippen LogP contribution >= 0.6 is 23.2 Å². The summed E-state index contributed by atoms with van der Waals surface area (Å²) in [7, 11) is -3.74. The second kappa shape index (κ2) is 8.80. The number of carboxylic acids is 1. The van der Waals surface area contributed by atoms with Gasteiger partial charge in [-0.05, 0) is 36.2 Å². The molecule has 0 amide bonds. The summed E-state index contributed by atoms with van der Waals surface area (Å²) in [6.07, 6.45) is 0.767. The van der Waals surface area contributed by atoms with E-state index in [9.17, 15) is 13.2 Å². The van der Waals surface area contributed by atoms with Crippen LogP contribution in [0.15, 0.2) is 47.4 Å². The Labute approximate surface area is 174 Å². The molecule has 1 heterocycles. The maximum Gasteiger partial charge on any atom is 0.335 e. The fraction of sp³-hybridized carbons (Fsp3) is 0.316. The molecule has 3 rings (SSSR count). The maximum atomic E-state index is 12.9. The van der Waals surface area contributed by atoms with Crippen LogP contribution in [0.3, 0.4) is 0 Å². The van der Waals surface area contributed by atoms with Gasteiger partial charge in [0.1, 0.15) is 4.90 Å². The van der Waals surface area contributed by atoms with Gasteiger partial charge in [-0.3, -0.25) is 0 Å². The first-order valence-corrected chi connectivity index (χ1v) is 11.0. The van der Waals surface area contributed by atoms with Crippen molar-refractivity contribution >= 4 is 39.2 Å². The minimum absolute atomic E-state index is 0.0368. The summed E-state index contributed by atoms with van der Waals surface area (Å²) in [5.74, 6) is -0.942. The van der Waals surface area contributed by atoms with E-state index in [1.165, 1.54) is 16.4 Å². The van der Waals surface area contributed by atoms with Gasteiger partial charge in [0.15, 0.2) is 0 Å². The van der Waals surface area contributed by atoms with E-state index in [-0.39, 0.29) is 20.5 Å². The van der Waals surface area contributed by atoms with Gasteiger partial charge in [0.2, 0.25) is 10.0 Å². The van der Waals surface area contributed by atoms with Crippen LogP contribution in [0.2, 0.25) is 10.0 Å². The zero-order chi connectivity index (χ0) is 20.3. The second-order valence-corrected chi connectivity index (χ2v) is 9.24. The molecule has 0 bridgehead atoms. The molecule has 0 unspecified atom stereocenters. The molecule has 0 atom stereocenters. The van der Waals surface area contributed by atoms with Gasteiger partial charge < -0.3 is 10.0 Å². The lowest BCUT2D eigenvalue weighted by molar-refractivity contribution is 0.0697. The molecule has 6 nitrogen and oxygen atoms in total. The monoisotopic (exact) mass is 442 g/mol. The molecule has 28 heavy (non-hydrogen) atoms. The molecule has 0 spiro atoms. The number of carboxylic acid groups (broad SMARTS) is 1. The highest BCUT2D eigenvalue weighted by Gasteiger charge is 2.31. The molecule has 2 aromatic carbocycles. The Bertz CT molecular complexity index is 936. The van der Waals surface area contributed by atoms with Crippen LogP contribution in [0.1, 0.15) is 15.9 Å². The van der Waals surface area contributed by atoms with Crippen LogP contribution in [0, 0.1) is 0 Å². The minimum Gasteiger partial charge on any atom is -0.478 e. The molecule has 150 valence electrons. The molecule has 9 heteroatoms. The van der Waals surface area contributed by atoms with Crippen molar-refractivity contribution in [2.24, 2.45) is 0 Å². The van der Waals surface area contributed by atoms with Gasteiger partial charge in [-0.15, -0.1) is 0 Å². The van der Waals surface area contributed by atoms with Gasteiger partial charge >= 0.3 is 5.97 Å². The lowest BCUT2D eigenvalue weighted by Crippen LogP contribution is -2.49. The summed E-state index contributed by atoms with van der Waals surface area (Å²) in [5.41, 5.74) is 1.31. The van der Waals surface area contributed by atoms with E-state index in [4.69, 9.17) is 28.3 Å². The SMILES string of the molecule is O=C(O)c1ccc(CCN2CCN(S(=O)(=O)c3c(Cl)cccc3Cl)CC2)cc1. The van der Waals surface area contributed by atoms with E-state index < -0.39 is 16.0 Å². The first-order valence-electron chi connectivity index (χ1n) is 8.78. The van der Waals surface area contributed by atoms with E-state index in [0.717, 1.165) is 18.5 Å². The van der Waals surface area contributed by atoms with Gasteiger partial charge in [-0.1, -0.05) is 41.4 Å². The Morgan fingerprint density at radius 1 is 0.964 bits per heavy atom. The summed E-state index contributed by atoms with van der Waals surface area (Å²) >= 11 is 12.1. The quantitative estimate of drug-likeness (QED) is 0.742. The standard InChI is InChI=1S/C19H20Cl2N2O4S/c20-16-2-1-3-17(21)18(16)28(26,27)23-12-10-22(11-13-23)9-8-14-4-6-15(7-5-14)19(24)25/h1-7H,8-13H2,(H,24,25). The molecular weight excluding hydrogens is 423 g/mol. The number of hydrogen-bond acceptors (Lipinski definition) is 4. The van der Waals surface area contributed by atoms with Crippen LogP contribution in [0.5, 0.6) is 0 Å². The zero-order valence-corrected chi connectivity index (χ0v) is 17.3. The molecular formula is C19H20Cl2N2O4S. The lowest BCUT2D eigenvalue weighted by atomic mass is 10.1. The normalized spacial score (nSPS) is 16.2. The number of aromatic carboxylic acids is 1. The third-order valence-corrected chi connectivity index (χ3v) is 7.62. The summed E-state index contributed by atoms with van der Waals surface area (Å²) in [4.78, 5) is 13.0. The van der Waals surface area contributed by atoms with Gasteiger partial charge in [0, 0.05) is 32.7 Å².